The van der Waals surface area contributed by atoms with Gasteiger partial charge in [0.25, 0.3) is 5.91 Å². The van der Waals surface area contributed by atoms with Gasteiger partial charge in [0.2, 0.25) is 0 Å². The second-order valence-electron chi connectivity index (χ2n) is 7.03. The minimum atomic E-state index is -0.0720. The van der Waals surface area contributed by atoms with Crippen molar-refractivity contribution in [2.45, 2.75) is 31.7 Å². The fourth-order valence-corrected chi connectivity index (χ4v) is 3.79. The molecule has 0 aromatic carbocycles. The third kappa shape index (κ3) is 3.49. The molecule has 4 rings (SSSR count). The molecule has 138 valence electrons. The Kier molecular flexibility index (Phi) is 4.73. The number of nitrogens with one attached hydrogen (secondary N) is 1. The molecule has 1 unspecified atom stereocenters. The Bertz CT molecular complexity index is 768. The minimum Gasteiger partial charge on any atom is -0.356 e. The predicted octanol–water partition coefficient (Wildman–Crippen LogP) is 1.21. The summed E-state index contributed by atoms with van der Waals surface area (Å²) in [5.41, 5.74) is 0.584. The standard InChI is InChI=1S/C18H25N7O/c1-23-15(6-7-21-23)18(26)22-14-5-4-10-25(12-14)17-11-16(19-13-20-17)24-8-2-3-9-24/h6-7,11,13-14H,2-5,8-10,12H2,1H3,(H,22,26). The molecule has 4 heterocycles. The average Bonchev–Trinajstić information content (AvgIpc) is 3.34. The second-order valence-corrected chi connectivity index (χ2v) is 7.03. The molecule has 0 spiro atoms. The monoisotopic (exact) mass is 355 g/mol. The van der Waals surface area contributed by atoms with Gasteiger partial charge in [0.1, 0.15) is 23.7 Å². The summed E-state index contributed by atoms with van der Waals surface area (Å²) in [6.45, 7) is 3.86. The number of piperidine rings is 1. The molecule has 2 fully saturated rings. The molecule has 0 saturated carbocycles. The van der Waals surface area contributed by atoms with Gasteiger partial charge < -0.3 is 15.1 Å². The predicted molar refractivity (Wildman–Crippen MR) is 99.4 cm³/mol. The highest BCUT2D eigenvalue weighted by molar-refractivity contribution is 5.92. The maximum atomic E-state index is 12.4. The number of carbonyl (C=O) groups is 1. The number of hydrogen-bond donors (Lipinski definition) is 1. The lowest BCUT2D eigenvalue weighted by Gasteiger charge is -2.34. The molecule has 0 radical (unpaired) electrons. The van der Waals surface area contributed by atoms with Gasteiger partial charge in [-0.15, -0.1) is 0 Å². The van der Waals surface area contributed by atoms with Gasteiger partial charge in [0.15, 0.2) is 0 Å². The van der Waals surface area contributed by atoms with Crippen molar-refractivity contribution in [2.24, 2.45) is 7.05 Å². The van der Waals surface area contributed by atoms with E-state index >= 15 is 0 Å². The highest BCUT2D eigenvalue weighted by Crippen LogP contribution is 2.23. The Balaban J connectivity index is 1.43. The fourth-order valence-electron chi connectivity index (χ4n) is 3.79. The van der Waals surface area contributed by atoms with Gasteiger partial charge in [-0.25, -0.2) is 9.97 Å². The Morgan fingerprint density at radius 2 is 1.85 bits per heavy atom. The van der Waals surface area contributed by atoms with Gasteiger partial charge in [-0.2, -0.15) is 5.10 Å². The minimum absolute atomic E-state index is 0.0720. The Morgan fingerprint density at radius 1 is 1.12 bits per heavy atom. The van der Waals surface area contributed by atoms with Crippen LogP contribution in [0.4, 0.5) is 11.6 Å². The van der Waals surface area contributed by atoms with E-state index in [0.717, 1.165) is 50.7 Å². The van der Waals surface area contributed by atoms with E-state index < -0.39 is 0 Å². The molecule has 2 aliphatic heterocycles. The number of aryl methyl sites for hydroxylation is 1. The summed E-state index contributed by atoms with van der Waals surface area (Å²) >= 11 is 0. The zero-order chi connectivity index (χ0) is 17.9. The average molecular weight is 355 g/mol. The quantitative estimate of drug-likeness (QED) is 0.888. The summed E-state index contributed by atoms with van der Waals surface area (Å²) < 4.78 is 1.60. The van der Waals surface area contributed by atoms with E-state index in [1.54, 1.807) is 30.3 Å². The van der Waals surface area contributed by atoms with Crippen LogP contribution in [0.15, 0.2) is 24.7 Å². The van der Waals surface area contributed by atoms with Crippen LogP contribution in [0.3, 0.4) is 0 Å². The molecule has 1 atom stereocenters. The number of hydrogen-bond acceptors (Lipinski definition) is 6. The Hall–Kier alpha value is -2.64. The van der Waals surface area contributed by atoms with Gasteiger partial charge in [-0.3, -0.25) is 9.48 Å². The van der Waals surface area contributed by atoms with Crippen molar-refractivity contribution in [1.82, 2.24) is 25.1 Å². The molecule has 2 aromatic rings. The third-order valence-corrected chi connectivity index (χ3v) is 5.20. The molecule has 26 heavy (non-hydrogen) atoms. The van der Waals surface area contributed by atoms with Crippen molar-refractivity contribution in [3.63, 3.8) is 0 Å². The summed E-state index contributed by atoms with van der Waals surface area (Å²) in [7, 11) is 1.78. The molecule has 2 aromatic heterocycles. The molecule has 2 aliphatic rings. The summed E-state index contributed by atoms with van der Waals surface area (Å²) in [5, 5.41) is 7.20. The Labute approximate surface area is 153 Å². The van der Waals surface area contributed by atoms with E-state index in [1.807, 2.05) is 0 Å². The number of carbonyl (C=O) groups excluding carboxylic acids is 1. The maximum absolute atomic E-state index is 12.4. The first-order valence-electron chi connectivity index (χ1n) is 9.31. The van der Waals surface area contributed by atoms with Crippen molar-refractivity contribution in [2.75, 3.05) is 36.0 Å². The van der Waals surface area contributed by atoms with Crippen LogP contribution in [0.1, 0.15) is 36.2 Å². The summed E-state index contributed by atoms with van der Waals surface area (Å²) in [4.78, 5) is 25.9. The van der Waals surface area contributed by atoms with E-state index in [1.165, 1.54) is 12.8 Å². The van der Waals surface area contributed by atoms with Crippen LogP contribution in [-0.2, 0) is 7.05 Å². The van der Waals surface area contributed by atoms with E-state index in [9.17, 15) is 4.79 Å². The van der Waals surface area contributed by atoms with Gasteiger partial charge in [-0.05, 0) is 31.7 Å². The van der Waals surface area contributed by atoms with Crippen LogP contribution < -0.4 is 15.1 Å². The molecule has 1 amide bonds. The molecule has 8 nitrogen and oxygen atoms in total. The van der Waals surface area contributed by atoms with Crippen LogP contribution in [0.2, 0.25) is 0 Å². The highest BCUT2D eigenvalue weighted by atomic mass is 16.2. The number of nitrogens with zero attached hydrogens (tertiary/aromatic N) is 6. The normalized spacial score (nSPS) is 20.4. The van der Waals surface area contributed by atoms with E-state index in [0.29, 0.717) is 5.69 Å². The number of amides is 1. The molecule has 0 aliphatic carbocycles. The van der Waals surface area contributed by atoms with Gasteiger partial charge >= 0.3 is 0 Å². The van der Waals surface area contributed by atoms with Crippen LogP contribution in [0.5, 0.6) is 0 Å². The van der Waals surface area contributed by atoms with Crippen LogP contribution in [-0.4, -0.2) is 57.9 Å². The lowest BCUT2D eigenvalue weighted by atomic mass is 10.1. The third-order valence-electron chi connectivity index (χ3n) is 5.20. The number of rotatable bonds is 4. The Morgan fingerprint density at radius 3 is 2.58 bits per heavy atom. The topological polar surface area (TPSA) is 79.2 Å². The highest BCUT2D eigenvalue weighted by Gasteiger charge is 2.24. The van der Waals surface area contributed by atoms with Crippen molar-refractivity contribution in [3.05, 3.63) is 30.4 Å². The van der Waals surface area contributed by atoms with Gasteiger partial charge in [-0.1, -0.05) is 0 Å². The summed E-state index contributed by atoms with van der Waals surface area (Å²) in [6, 6.07) is 3.93. The molecule has 1 N–H and O–H groups in total. The lowest BCUT2D eigenvalue weighted by Crippen LogP contribution is -2.48. The summed E-state index contributed by atoms with van der Waals surface area (Å²) in [5.74, 6) is 1.88. The van der Waals surface area contributed by atoms with Gasteiger partial charge in [0.05, 0.1) is 0 Å². The summed E-state index contributed by atoms with van der Waals surface area (Å²) in [6.07, 6.45) is 7.75. The zero-order valence-corrected chi connectivity index (χ0v) is 15.1. The van der Waals surface area contributed by atoms with Crippen molar-refractivity contribution >= 4 is 17.5 Å². The van der Waals surface area contributed by atoms with Gasteiger partial charge in [0, 0.05) is 51.5 Å². The second kappa shape index (κ2) is 7.31. The molecule has 0 bridgehead atoms. The van der Waals surface area contributed by atoms with E-state index in [2.05, 4.69) is 36.2 Å². The van der Waals surface area contributed by atoms with Crippen LogP contribution in [0, 0.1) is 0 Å². The molecule has 2 saturated heterocycles. The van der Waals surface area contributed by atoms with Crippen molar-refractivity contribution in [3.8, 4) is 0 Å². The molecular weight excluding hydrogens is 330 g/mol. The van der Waals surface area contributed by atoms with Crippen LogP contribution >= 0.6 is 0 Å². The molecule has 8 heteroatoms. The SMILES string of the molecule is Cn1nccc1C(=O)NC1CCCN(c2cc(N3CCCC3)ncn2)C1. The zero-order valence-electron chi connectivity index (χ0n) is 15.1. The van der Waals surface area contributed by atoms with E-state index in [4.69, 9.17) is 0 Å². The fraction of sp³-hybridized carbons (Fsp3) is 0.556. The van der Waals surface area contributed by atoms with Crippen molar-refractivity contribution < 1.29 is 4.79 Å². The lowest BCUT2D eigenvalue weighted by molar-refractivity contribution is 0.0923. The maximum Gasteiger partial charge on any atom is 0.269 e. The van der Waals surface area contributed by atoms with Crippen molar-refractivity contribution in [1.29, 1.82) is 0 Å². The number of aromatic nitrogens is 4. The number of anilines is 2. The first-order valence-corrected chi connectivity index (χ1v) is 9.31. The first-order chi connectivity index (χ1) is 12.7. The van der Waals surface area contributed by atoms with Crippen LogP contribution in [0.25, 0.3) is 0 Å². The first kappa shape index (κ1) is 16.8. The smallest absolute Gasteiger partial charge is 0.269 e. The molecular formula is C18H25N7O. The largest absolute Gasteiger partial charge is 0.356 e. The van der Waals surface area contributed by atoms with E-state index in [-0.39, 0.29) is 11.9 Å².